The number of aromatic amines is 1. The van der Waals surface area contributed by atoms with Gasteiger partial charge in [-0.2, -0.15) is 0 Å². The monoisotopic (exact) mass is 433 g/mol. The molecule has 4 aliphatic carbocycles. The number of benzene rings is 1. The van der Waals surface area contributed by atoms with Crippen LogP contribution in [0, 0.1) is 23.7 Å². The minimum atomic E-state index is -0.258. The van der Waals surface area contributed by atoms with Gasteiger partial charge in [-0.05, 0) is 79.9 Å². The van der Waals surface area contributed by atoms with E-state index in [9.17, 15) is 9.59 Å². The molecule has 3 aromatic rings. The quantitative estimate of drug-likeness (QED) is 0.583. The van der Waals surface area contributed by atoms with E-state index in [4.69, 9.17) is 10.7 Å². The number of H-pyrrole nitrogens is 1. The summed E-state index contributed by atoms with van der Waals surface area (Å²) in [5, 5.41) is 0. The maximum Gasteiger partial charge on any atom is 0.332 e. The minimum absolute atomic E-state index is 0.234. The Morgan fingerprint density at radius 3 is 2.56 bits per heavy atom. The van der Waals surface area contributed by atoms with E-state index in [2.05, 4.69) is 4.98 Å². The Bertz CT molecular complexity index is 1280. The normalized spacial score (nSPS) is 28.2. The third kappa shape index (κ3) is 2.97. The Hall–Kier alpha value is -2.83. The lowest BCUT2D eigenvalue weighted by molar-refractivity contribution is 0.244. The Labute approximate surface area is 186 Å². The summed E-state index contributed by atoms with van der Waals surface area (Å²) in [6, 6.07) is 7.73. The Morgan fingerprint density at radius 2 is 1.81 bits per heavy atom. The molecule has 0 aliphatic heterocycles. The van der Waals surface area contributed by atoms with Crippen LogP contribution >= 0.6 is 0 Å². The second-order valence-corrected chi connectivity index (χ2v) is 10.2. The van der Waals surface area contributed by atoms with Crippen molar-refractivity contribution < 1.29 is 0 Å². The molecule has 7 nitrogen and oxygen atoms in total. The van der Waals surface area contributed by atoms with Gasteiger partial charge < -0.3 is 10.7 Å². The van der Waals surface area contributed by atoms with Gasteiger partial charge in [0.05, 0.1) is 0 Å². The Morgan fingerprint density at radius 1 is 1.03 bits per heavy atom. The fraction of sp³-hybridized carbons (Fsp3) is 0.560. The fourth-order valence-electron chi connectivity index (χ4n) is 7.05. The first kappa shape index (κ1) is 19.8. The van der Waals surface area contributed by atoms with Gasteiger partial charge in [0.2, 0.25) is 0 Å². The number of nitrogens with one attached hydrogen (secondary N) is 1. The van der Waals surface area contributed by atoms with Gasteiger partial charge in [-0.25, -0.2) is 9.78 Å². The summed E-state index contributed by atoms with van der Waals surface area (Å²) < 4.78 is 3.08. The molecular weight excluding hydrogens is 402 g/mol. The largest absolute Gasteiger partial charge is 0.399 e. The predicted molar refractivity (Wildman–Crippen MR) is 125 cm³/mol. The smallest absolute Gasteiger partial charge is 0.332 e. The molecule has 4 aliphatic rings. The van der Waals surface area contributed by atoms with Crippen LogP contribution in [0.3, 0.4) is 0 Å². The highest BCUT2D eigenvalue weighted by atomic mass is 16.2. The molecule has 3 N–H and O–H groups in total. The lowest BCUT2D eigenvalue weighted by Crippen LogP contribution is -2.40. The molecule has 1 aromatic carbocycles. The Balaban J connectivity index is 1.43. The van der Waals surface area contributed by atoms with E-state index in [1.165, 1.54) is 30.3 Å². The zero-order chi connectivity index (χ0) is 22.0. The molecule has 0 amide bonds. The molecule has 5 unspecified atom stereocenters. The van der Waals surface area contributed by atoms with Crippen molar-refractivity contribution in [1.29, 1.82) is 0 Å². The number of hydrogen-bond acceptors (Lipinski definition) is 4. The predicted octanol–water partition coefficient (Wildman–Crippen LogP) is 3.27. The van der Waals surface area contributed by atoms with Crippen molar-refractivity contribution in [3.63, 3.8) is 0 Å². The van der Waals surface area contributed by atoms with Gasteiger partial charge in [0.15, 0.2) is 5.65 Å². The molecule has 4 fully saturated rings. The molecule has 7 heteroatoms. The standard InChI is InChI=1S/C25H31N5O2/c1-2-8-30-24(31)21-23(29(25(30)32)9-7-14-3-5-18(26)6-4-14)28-22(27-21)20-17-11-15-10-16(13-17)19(20)12-15/h3-6,15-17,19-20H,2,7-13,26H2,1H3,(H,27,28). The summed E-state index contributed by atoms with van der Waals surface area (Å²) in [5.74, 6) is 4.42. The van der Waals surface area contributed by atoms with Gasteiger partial charge in [-0.1, -0.05) is 19.1 Å². The van der Waals surface area contributed by atoms with Crippen molar-refractivity contribution in [2.24, 2.45) is 23.7 Å². The number of aromatic nitrogens is 4. The summed E-state index contributed by atoms with van der Waals surface area (Å²) in [7, 11) is 0. The number of fused-ring (bicyclic) bond motifs is 1. The molecule has 7 rings (SSSR count). The van der Waals surface area contributed by atoms with Crippen molar-refractivity contribution in [3.8, 4) is 0 Å². The molecule has 0 radical (unpaired) electrons. The molecular formula is C25H31N5O2. The second-order valence-electron chi connectivity index (χ2n) is 10.2. The highest BCUT2D eigenvalue weighted by molar-refractivity contribution is 5.70. The fourth-order valence-corrected chi connectivity index (χ4v) is 7.05. The van der Waals surface area contributed by atoms with Crippen LogP contribution in [0.15, 0.2) is 33.9 Å². The number of imidazole rings is 1. The zero-order valence-electron chi connectivity index (χ0n) is 18.6. The van der Waals surface area contributed by atoms with E-state index >= 15 is 0 Å². The van der Waals surface area contributed by atoms with Gasteiger partial charge >= 0.3 is 5.69 Å². The lowest BCUT2D eigenvalue weighted by Gasteiger charge is -2.30. The van der Waals surface area contributed by atoms with Crippen molar-refractivity contribution in [1.82, 2.24) is 19.1 Å². The minimum Gasteiger partial charge on any atom is -0.399 e. The zero-order valence-corrected chi connectivity index (χ0v) is 18.6. The first-order valence-electron chi connectivity index (χ1n) is 12.1. The topological polar surface area (TPSA) is 98.7 Å². The van der Waals surface area contributed by atoms with Crippen LogP contribution in [0.2, 0.25) is 0 Å². The summed E-state index contributed by atoms with van der Waals surface area (Å²) in [5.41, 5.74) is 8.16. The maximum atomic E-state index is 13.3. The number of nitrogens with zero attached hydrogens (tertiary/aromatic N) is 3. The Kier molecular flexibility index (Phi) is 4.56. The average Bonchev–Trinajstić information content (AvgIpc) is 3.41. The maximum absolute atomic E-state index is 13.3. The number of hydrogen-bond donors (Lipinski definition) is 2. The summed E-state index contributed by atoms with van der Waals surface area (Å²) >= 11 is 0. The number of nitrogen functional groups attached to an aromatic ring is 1. The highest BCUT2D eigenvalue weighted by Crippen LogP contribution is 2.63. The van der Waals surface area contributed by atoms with Crippen LogP contribution in [-0.2, 0) is 19.5 Å². The van der Waals surface area contributed by atoms with Gasteiger partial charge in [0, 0.05) is 24.7 Å². The van der Waals surface area contributed by atoms with Crippen LogP contribution in [-0.4, -0.2) is 19.1 Å². The number of nitrogens with two attached hydrogens (primary N) is 1. The van der Waals surface area contributed by atoms with E-state index < -0.39 is 0 Å². The van der Waals surface area contributed by atoms with E-state index in [1.54, 1.807) is 4.57 Å². The van der Waals surface area contributed by atoms with Gasteiger partial charge in [0.25, 0.3) is 5.56 Å². The van der Waals surface area contributed by atoms with E-state index in [0.717, 1.165) is 35.3 Å². The lowest BCUT2D eigenvalue weighted by atomic mass is 9.75. The third-order valence-electron chi connectivity index (χ3n) is 8.30. The summed E-state index contributed by atoms with van der Waals surface area (Å²) in [6.07, 6.45) is 6.67. The van der Waals surface area contributed by atoms with E-state index in [0.29, 0.717) is 48.4 Å². The number of rotatable bonds is 6. The third-order valence-corrected chi connectivity index (χ3v) is 8.30. The molecule has 168 valence electrons. The van der Waals surface area contributed by atoms with Gasteiger partial charge in [-0.3, -0.25) is 13.9 Å². The van der Waals surface area contributed by atoms with Crippen LogP contribution < -0.4 is 17.0 Å². The van der Waals surface area contributed by atoms with Crippen molar-refractivity contribution in [2.75, 3.05) is 5.73 Å². The molecule has 4 bridgehead atoms. The van der Waals surface area contributed by atoms with Crippen LogP contribution in [0.4, 0.5) is 5.69 Å². The molecule has 2 aromatic heterocycles. The molecule has 0 spiro atoms. The van der Waals surface area contributed by atoms with Gasteiger partial charge in [0.1, 0.15) is 11.3 Å². The first-order chi connectivity index (χ1) is 15.5. The molecule has 2 heterocycles. The first-order valence-corrected chi connectivity index (χ1v) is 12.1. The van der Waals surface area contributed by atoms with Crippen molar-refractivity contribution >= 4 is 16.9 Å². The summed E-state index contributed by atoms with van der Waals surface area (Å²) in [4.78, 5) is 34.9. The molecule has 4 saturated carbocycles. The number of aryl methyl sites for hydroxylation is 2. The van der Waals surface area contributed by atoms with Crippen molar-refractivity contribution in [3.05, 3.63) is 56.5 Å². The number of anilines is 1. The van der Waals surface area contributed by atoms with Crippen molar-refractivity contribution in [2.45, 2.75) is 64.5 Å². The van der Waals surface area contributed by atoms with Crippen LogP contribution in [0.1, 0.15) is 56.3 Å². The average molecular weight is 434 g/mol. The van der Waals surface area contributed by atoms with Crippen LogP contribution in [0.25, 0.3) is 11.2 Å². The molecule has 0 saturated heterocycles. The van der Waals surface area contributed by atoms with E-state index in [-0.39, 0.29) is 11.2 Å². The second kappa shape index (κ2) is 7.36. The van der Waals surface area contributed by atoms with Gasteiger partial charge in [-0.15, -0.1) is 0 Å². The van der Waals surface area contributed by atoms with Crippen LogP contribution in [0.5, 0.6) is 0 Å². The molecule has 5 atom stereocenters. The SMILES string of the molecule is CCCn1c(=O)c2[nH]c(C3C4CC5CC(C4)C3C5)nc2n(CCc2ccc(N)cc2)c1=O. The molecule has 32 heavy (non-hydrogen) atoms. The summed E-state index contributed by atoms with van der Waals surface area (Å²) in [6.45, 7) is 2.89. The van der Waals surface area contributed by atoms with E-state index in [1.807, 2.05) is 31.2 Å². The highest BCUT2D eigenvalue weighted by Gasteiger charge is 2.55.